The van der Waals surface area contributed by atoms with Crippen LogP contribution in [0.2, 0.25) is 0 Å². The number of esters is 1. The minimum atomic E-state index is -2.38. The van der Waals surface area contributed by atoms with Crippen molar-refractivity contribution in [3.8, 4) is 5.75 Å². The minimum Gasteiger partial charge on any atom is -0.420 e. The second-order valence-corrected chi connectivity index (χ2v) is 4.43. The van der Waals surface area contributed by atoms with E-state index in [0.29, 0.717) is 0 Å². The lowest BCUT2D eigenvalue weighted by Crippen LogP contribution is -2.29. The smallest absolute Gasteiger partial charge is 0.328 e. The number of aromatic amines is 1. The first-order chi connectivity index (χ1) is 11.2. The third-order valence-electron chi connectivity index (χ3n) is 2.84. The summed E-state index contributed by atoms with van der Waals surface area (Å²) in [6.07, 6.45) is 0.415. The van der Waals surface area contributed by atoms with Crippen LogP contribution < -0.4 is 16.0 Å². The van der Waals surface area contributed by atoms with Crippen LogP contribution in [-0.4, -0.2) is 15.5 Å². The fourth-order valence-corrected chi connectivity index (χ4v) is 1.67. The number of rotatable bonds is 4. The lowest BCUT2D eigenvalue weighted by molar-refractivity contribution is -0.135. The Morgan fingerprint density at radius 2 is 1.54 bits per heavy atom. The Labute approximate surface area is 129 Å². The van der Waals surface area contributed by atoms with Crippen molar-refractivity contribution in [2.24, 2.45) is 0 Å². The van der Waals surface area contributed by atoms with Crippen molar-refractivity contribution in [2.75, 3.05) is 0 Å². The highest BCUT2D eigenvalue weighted by Crippen LogP contribution is 2.29. The number of H-pyrrole nitrogens is 1. The van der Waals surface area contributed by atoms with E-state index in [1.165, 1.54) is 0 Å². The molecule has 0 bridgehead atoms. The first kappa shape index (κ1) is 17.4. The minimum absolute atomic E-state index is 0.357. The largest absolute Gasteiger partial charge is 0.420 e. The first-order valence-electron chi connectivity index (χ1n) is 6.24. The van der Waals surface area contributed by atoms with Gasteiger partial charge in [0.1, 0.15) is 0 Å². The van der Waals surface area contributed by atoms with Gasteiger partial charge in [0, 0.05) is 18.8 Å². The van der Waals surface area contributed by atoms with Gasteiger partial charge in [0.15, 0.2) is 0 Å². The SMILES string of the molecule is O=C(CCn1ccc(=O)[nH]c1=O)Oc1c(F)c(F)c(F)c(F)c1F. The Kier molecular flexibility index (Phi) is 4.81. The molecule has 1 heterocycles. The molecule has 0 radical (unpaired) electrons. The molecule has 0 fully saturated rings. The number of aryl methyl sites for hydroxylation is 1. The summed E-state index contributed by atoms with van der Waals surface area (Å²) in [6.45, 7) is -0.357. The van der Waals surface area contributed by atoms with E-state index in [1.54, 1.807) is 0 Å². The van der Waals surface area contributed by atoms with Crippen molar-refractivity contribution < 1.29 is 31.5 Å². The summed E-state index contributed by atoms with van der Waals surface area (Å²) in [5, 5.41) is 0. The van der Waals surface area contributed by atoms with Crippen LogP contribution in [0.3, 0.4) is 0 Å². The van der Waals surface area contributed by atoms with Gasteiger partial charge in [-0.15, -0.1) is 0 Å². The predicted octanol–water partition coefficient (Wildman–Crippen LogP) is 1.23. The van der Waals surface area contributed by atoms with Crippen LogP contribution in [0.25, 0.3) is 0 Å². The van der Waals surface area contributed by atoms with Crippen LogP contribution in [0.15, 0.2) is 21.9 Å². The van der Waals surface area contributed by atoms with Gasteiger partial charge in [0.25, 0.3) is 5.56 Å². The number of halogens is 5. The molecule has 24 heavy (non-hydrogen) atoms. The fraction of sp³-hybridized carbons (Fsp3) is 0.154. The van der Waals surface area contributed by atoms with Gasteiger partial charge in [0.2, 0.25) is 34.8 Å². The highest BCUT2D eigenvalue weighted by atomic mass is 19.2. The van der Waals surface area contributed by atoms with Crippen molar-refractivity contribution in [3.63, 3.8) is 0 Å². The van der Waals surface area contributed by atoms with Gasteiger partial charge in [0.05, 0.1) is 6.42 Å². The molecular formula is C13H7F5N2O4. The van der Waals surface area contributed by atoms with Gasteiger partial charge < -0.3 is 9.30 Å². The third-order valence-corrected chi connectivity index (χ3v) is 2.84. The standard InChI is InChI=1S/C13H7F5N2O4/c14-7-8(15)10(17)12(11(18)9(7)16)24-6(22)2-4-20-3-1-5(21)19-13(20)23/h1,3H,2,4H2,(H,19,21,23). The summed E-state index contributed by atoms with van der Waals surface area (Å²) in [5.41, 5.74) is -1.54. The quantitative estimate of drug-likeness (QED) is 0.296. The van der Waals surface area contributed by atoms with Crippen molar-refractivity contribution in [1.82, 2.24) is 9.55 Å². The molecule has 0 aliphatic carbocycles. The van der Waals surface area contributed by atoms with E-state index >= 15 is 0 Å². The zero-order valence-electron chi connectivity index (χ0n) is 11.5. The fourth-order valence-electron chi connectivity index (χ4n) is 1.67. The van der Waals surface area contributed by atoms with E-state index < -0.39 is 58.5 Å². The van der Waals surface area contributed by atoms with E-state index in [0.717, 1.165) is 16.8 Å². The van der Waals surface area contributed by atoms with E-state index in [-0.39, 0.29) is 6.54 Å². The van der Waals surface area contributed by atoms with E-state index in [1.807, 2.05) is 4.98 Å². The molecule has 0 saturated heterocycles. The Balaban J connectivity index is 2.16. The molecule has 2 rings (SSSR count). The zero-order chi connectivity index (χ0) is 18.0. The first-order valence-corrected chi connectivity index (χ1v) is 6.24. The maximum Gasteiger partial charge on any atom is 0.328 e. The van der Waals surface area contributed by atoms with Gasteiger partial charge >= 0.3 is 11.7 Å². The average molecular weight is 350 g/mol. The lowest BCUT2D eigenvalue weighted by atomic mass is 10.2. The Bertz CT molecular complexity index is 893. The van der Waals surface area contributed by atoms with E-state index in [9.17, 15) is 36.3 Å². The molecule has 0 atom stereocenters. The Morgan fingerprint density at radius 3 is 2.08 bits per heavy atom. The molecule has 1 aromatic heterocycles. The summed E-state index contributed by atoms with van der Waals surface area (Å²) in [6, 6.07) is 0.983. The number of hydrogen-bond donors (Lipinski definition) is 1. The van der Waals surface area contributed by atoms with Gasteiger partial charge in [-0.2, -0.15) is 8.78 Å². The van der Waals surface area contributed by atoms with Crippen molar-refractivity contribution in [2.45, 2.75) is 13.0 Å². The Hall–Kier alpha value is -2.98. The molecule has 128 valence electrons. The Morgan fingerprint density at radius 1 is 1.00 bits per heavy atom. The number of benzene rings is 1. The number of carbonyl (C=O) groups is 1. The summed E-state index contributed by atoms with van der Waals surface area (Å²) >= 11 is 0. The monoisotopic (exact) mass is 350 g/mol. The van der Waals surface area contributed by atoms with Gasteiger partial charge in [-0.25, -0.2) is 18.0 Å². The number of hydrogen-bond acceptors (Lipinski definition) is 4. The molecule has 0 spiro atoms. The molecule has 0 amide bonds. The van der Waals surface area contributed by atoms with Gasteiger partial charge in [-0.1, -0.05) is 0 Å². The molecule has 1 aromatic carbocycles. The van der Waals surface area contributed by atoms with Crippen LogP contribution in [0, 0.1) is 29.1 Å². The van der Waals surface area contributed by atoms with Gasteiger partial charge in [-0.05, 0) is 0 Å². The number of nitrogens with one attached hydrogen (secondary N) is 1. The summed E-state index contributed by atoms with van der Waals surface area (Å²) in [5.74, 6) is -14.6. The normalized spacial score (nSPS) is 10.7. The van der Waals surface area contributed by atoms with Crippen molar-refractivity contribution >= 4 is 5.97 Å². The maximum atomic E-state index is 13.3. The molecule has 1 N–H and O–H groups in total. The molecule has 6 nitrogen and oxygen atoms in total. The van der Waals surface area contributed by atoms with Gasteiger partial charge in [-0.3, -0.25) is 14.6 Å². The molecule has 0 aliphatic heterocycles. The van der Waals surface area contributed by atoms with Crippen LogP contribution in [0.5, 0.6) is 5.75 Å². The zero-order valence-corrected chi connectivity index (χ0v) is 11.5. The highest BCUT2D eigenvalue weighted by molar-refractivity contribution is 5.72. The van der Waals surface area contributed by atoms with Crippen LogP contribution >= 0.6 is 0 Å². The van der Waals surface area contributed by atoms with E-state index in [2.05, 4.69) is 4.74 Å². The van der Waals surface area contributed by atoms with Crippen LogP contribution in [0.1, 0.15) is 6.42 Å². The maximum absolute atomic E-state index is 13.3. The molecular weight excluding hydrogens is 343 g/mol. The number of carbonyl (C=O) groups excluding carboxylic acids is 1. The second-order valence-electron chi connectivity index (χ2n) is 4.43. The third kappa shape index (κ3) is 3.34. The van der Waals surface area contributed by atoms with Crippen LogP contribution in [-0.2, 0) is 11.3 Å². The van der Waals surface area contributed by atoms with E-state index in [4.69, 9.17) is 0 Å². The molecule has 0 unspecified atom stereocenters. The molecule has 0 aliphatic rings. The summed E-state index contributed by atoms with van der Waals surface area (Å²) in [7, 11) is 0. The lowest BCUT2D eigenvalue weighted by Gasteiger charge is -2.09. The molecule has 0 saturated carbocycles. The van der Waals surface area contributed by atoms with Crippen LogP contribution in [0.4, 0.5) is 22.0 Å². The number of nitrogens with zero attached hydrogens (tertiary/aromatic N) is 1. The topological polar surface area (TPSA) is 81.2 Å². The second kappa shape index (κ2) is 6.64. The summed E-state index contributed by atoms with van der Waals surface area (Å²) < 4.78 is 70.5. The average Bonchev–Trinajstić information content (AvgIpc) is 2.54. The highest BCUT2D eigenvalue weighted by Gasteiger charge is 2.28. The molecule has 11 heteroatoms. The predicted molar refractivity (Wildman–Crippen MR) is 67.8 cm³/mol. The number of aromatic nitrogens is 2. The van der Waals surface area contributed by atoms with Crippen molar-refractivity contribution in [1.29, 1.82) is 0 Å². The van der Waals surface area contributed by atoms with Crippen molar-refractivity contribution in [3.05, 3.63) is 62.2 Å². The number of ether oxygens (including phenoxy) is 1. The summed E-state index contributed by atoms with van der Waals surface area (Å²) in [4.78, 5) is 35.6. The molecule has 2 aromatic rings.